The predicted octanol–water partition coefficient (Wildman–Crippen LogP) is 7.01. The number of anilines is 1. The number of ether oxygens (including phenoxy) is 2. The van der Waals surface area contributed by atoms with Gasteiger partial charge in [0, 0.05) is 57.1 Å². The maximum Gasteiger partial charge on any atom is 0.328 e. The number of aromatic nitrogens is 2. The first kappa shape index (κ1) is 38.9. The molecular formula is C40H49ClN5O5S+. The van der Waals surface area contributed by atoms with Gasteiger partial charge in [0.2, 0.25) is 5.91 Å². The van der Waals surface area contributed by atoms with E-state index in [1.807, 2.05) is 77.4 Å². The van der Waals surface area contributed by atoms with E-state index in [1.54, 1.807) is 24.8 Å². The molecule has 2 heterocycles. The topological polar surface area (TPSA) is 103 Å². The van der Waals surface area contributed by atoms with Crippen LogP contribution in [0.3, 0.4) is 0 Å². The molecule has 3 aromatic carbocycles. The molecule has 0 saturated carbocycles. The van der Waals surface area contributed by atoms with Crippen LogP contribution in [0.2, 0.25) is 5.02 Å². The Labute approximate surface area is 316 Å². The fraction of sp³-hybridized carbons (Fsp3) is 0.400. The van der Waals surface area contributed by atoms with E-state index in [0.29, 0.717) is 49.5 Å². The van der Waals surface area contributed by atoms with Crippen LogP contribution in [0, 0.1) is 6.92 Å². The van der Waals surface area contributed by atoms with Crippen molar-refractivity contribution in [1.29, 1.82) is 0 Å². The van der Waals surface area contributed by atoms with Crippen molar-refractivity contribution in [2.45, 2.75) is 57.0 Å². The first-order valence-electron chi connectivity index (χ1n) is 17.8. The largest absolute Gasteiger partial charge is 0.493 e. The lowest BCUT2D eigenvalue weighted by atomic mass is 10.1. The highest BCUT2D eigenvalue weighted by molar-refractivity contribution is 7.99. The number of carbonyl (C=O) groups is 3. The first-order chi connectivity index (χ1) is 24.9. The van der Waals surface area contributed by atoms with E-state index >= 15 is 0 Å². The number of quaternary nitrogens is 1. The fourth-order valence-corrected chi connectivity index (χ4v) is 7.42. The number of carbonyl (C=O) groups excluding carboxylic acids is 3. The third kappa shape index (κ3) is 10.4. The van der Waals surface area contributed by atoms with Crippen LogP contribution in [-0.2, 0) is 20.9 Å². The minimum absolute atomic E-state index is 0.0717. The van der Waals surface area contributed by atoms with E-state index in [0.717, 1.165) is 61.8 Å². The van der Waals surface area contributed by atoms with Crippen molar-refractivity contribution < 1.29 is 28.3 Å². The van der Waals surface area contributed by atoms with Gasteiger partial charge < -0.3 is 24.2 Å². The summed E-state index contributed by atoms with van der Waals surface area (Å²) < 4.78 is 13.8. The monoisotopic (exact) mass is 746 g/mol. The minimum atomic E-state index is -0.713. The molecule has 1 atom stereocenters. The van der Waals surface area contributed by atoms with Crippen LogP contribution in [0.5, 0.6) is 5.75 Å². The molecule has 1 aromatic heterocycles. The zero-order valence-electron chi connectivity index (χ0n) is 30.7. The Hall–Kier alpha value is -4.32. The Morgan fingerprint density at radius 3 is 2.63 bits per heavy atom. The summed E-state index contributed by atoms with van der Waals surface area (Å²) in [5, 5.41) is 8.20. The number of thioether (sulfide) groups is 1. The van der Waals surface area contributed by atoms with Crippen LogP contribution < -0.4 is 15.0 Å². The van der Waals surface area contributed by atoms with Gasteiger partial charge in [-0.15, -0.1) is 11.8 Å². The Balaban J connectivity index is 1.22. The molecule has 1 aliphatic heterocycles. The van der Waals surface area contributed by atoms with Crippen LogP contribution in [0.1, 0.15) is 54.1 Å². The molecule has 0 unspecified atom stereocenters. The van der Waals surface area contributed by atoms with E-state index in [4.69, 9.17) is 21.1 Å². The number of nitrogens with zero attached hydrogens (tertiary/aromatic N) is 4. The molecule has 12 heteroatoms. The highest BCUT2D eigenvalue weighted by Crippen LogP contribution is 2.42. The number of benzene rings is 3. The average Bonchev–Trinajstić information content (AvgIpc) is 3.58. The van der Waals surface area contributed by atoms with Gasteiger partial charge in [0.05, 0.1) is 59.3 Å². The maximum absolute atomic E-state index is 13.4. The number of amides is 2. The van der Waals surface area contributed by atoms with Gasteiger partial charge in [0.15, 0.2) is 0 Å². The van der Waals surface area contributed by atoms with Crippen molar-refractivity contribution in [2.75, 3.05) is 58.1 Å². The summed E-state index contributed by atoms with van der Waals surface area (Å²) >= 11 is 7.96. The van der Waals surface area contributed by atoms with Gasteiger partial charge in [0.25, 0.3) is 5.91 Å². The number of hydrogen-bond acceptors (Lipinski definition) is 7. The Kier molecular flexibility index (Phi) is 13.4. The molecule has 1 N–H and O–H groups in total. The second-order valence-electron chi connectivity index (χ2n) is 13.9. The fourth-order valence-electron chi connectivity index (χ4n) is 6.11. The summed E-state index contributed by atoms with van der Waals surface area (Å²) in [6, 6.07) is 18.3. The van der Waals surface area contributed by atoms with Crippen LogP contribution in [0.4, 0.5) is 5.69 Å². The molecular weight excluding hydrogens is 698 g/mol. The van der Waals surface area contributed by atoms with Crippen molar-refractivity contribution in [3.63, 3.8) is 0 Å². The van der Waals surface area contributed by atoms with Crippen LogP contribution >= 0.6 is 23.4 Å². The molecule has 52 heavy (non-hydrogen) atoms. The van der Waals surface area contributed by atoms with Gasteiger partial charge in [-0.1, -0.05) is 41.9 Å². The van der Waals surface area contributed by atoms with Crippen LogP contribution in [0.15, 0.2) is 78.0 Å². The summed E-state index contributed by atoms with van der Waals surface area (Å²) in [5.41, 5.74) is 5.15. The van der Waals surface area contributed by atoms with Crippen molar-refractivity contribution in [3.05, 3.63) is 94.8 Å². The second-order valence-corrected chi connectivity index (χ2v) is 15.4. The van der Waals surface area contributed by atoms with Gasteiger partial charge in [0.1, 0.15) is 11.8 Å². The molecule has 0 radical (unpaired) electrons. The van der Waals surface area contributed by atoms with E-state index in [2.05, 4.69) is 37.6 Å². The molecule has 10 nitrogen and oxygen atoms in total. The molecule has 0 bridgehead atoms. The molecule has 2 amide bonds. The van der Waals surface area contributed by atoms with Crippen molar-refractivity contribution in [3.8, 4) is 16.9 Å². The number of nitrogens with one attached hydrogen (secondary N) is 1. The number of hydrogen-bond donors (Lipinski definition) is 1. The normalized spacial score (nSPS) is 13.3. The summed E-state index contributed by atoms with van der Waals surface area (Å²) in [6.45, 7) is 6.34. The van der Waals surface area contributed by atoms with Gasteiger partial charge in [-0.2, -0.15) is 5.10 Å². The molecule has 4 aromatic rings. The number of rotatable bonds is 16. The van der Waals surface area contributed by atoms with E-state index in [-0.39, 0.29) is 18.4 Å². The van der Waals surface area contributed by atoms with Crippen LogP contribution in [-0.4, -0.2) is 91.3 Å². The van der Waals surface area contributed by atoms with Gasteiger partial charge in [-0.3, -0.25) is 14.3 Å². The Morgan fingerprint density at radius 1 is 1.06 bits per heavy atom. The minimum Gasteiger partial charge on any atom is -0.493 e. The summed E-state index contributed by atoms with van der Waals surface area (Å²) in [6.07, 6.45) is 6.08. The number of halogens is 1. The highest BCUT2D eigenvalue weighted by Gasteiger charge is 2.26. The lowest BCUT2D eigenvalue weighted by Crippen LogP contribution is -2.43. The van der Waals surface area contributed by atoms with Gasteiger partial charge in [-0.25, -0.2) is 4.79 Å². The van der Waals surface area contributed by atoms with Crippen molar-refractivity contribution in [2.24, 2.45) is 0 Å². The molecule has 0 saturated heterocycles. The SMILES string of the molecule is CCOC(=O)[C@H](CCC[N+](C)(C)C)NC(=O)c1cccc(Cn2cc(-c3cccc4c3SCCN4C(=O)CCCOc3cccc(Cl)c3C)cn2)c1. The molecule has 1 aliphatic rings. The predicted molar refractivity (Wildman–Crippen MR) is 207 cm³/mol. The Morgan fingerprint density at radius 2 is 1.85 bits per heavy atom. The average molecular weight is 747 g/mol. The summed E-state index contributed by atoms with van der Waals surface area (Å²) in [4.78, 5) is 42.3. The molecule has 5 rings (SSSR count). The number of fused-ring (bicyclic) bond motifs is 1. The highest BCUT2D eigenvalue weighted by atomic mass is 35.5. The van der Waals surface area contributed by atoms with Gasteiger partial charge >= 0.3 is 5.97 Å². The molecule has 276 valence electrons. The summed E-state index contributed by atoms with van der Waals surface area (Å²) in [5.74, 6) is 0.874. The van der Waals surface area contributed by atoms with E-state index in [9.17, 15) is 14.4 Å². The second kappa shape index (κ2) is 17.9. The zero-order valence-corrected chi connectivity index (χ0v) is 32.3. The van der Waals surface area contributed by atoms with Crippen LogP contribution in [0.25, 0.3) is 11.1 Å². The molecule has 0 aliphatic carbocycles. The molecule has 0 spiro atoms. The lowest BCUT2D eigenvalue weighted by molar-refractivity contribution is -0.870. The lowest BCUT2D eigenvalue weighted by Gasteiger charge is -2.30. The quantitative estimate of drug-likeness (QED) is 0.0748. The summed E-state index contributed by atoms with van der Waals surface area (Å²) in [7, 11) is 6.29. The third-order valence-electron chi connectivity index (χ3n) is 8.83. The number of esters is 1. The van der Waals surface area contributed by atoms with Crippen molar-refractivity contribution in [1.82, 2.24) is 15.1 Å². The Bertz CT molecular complexity index is 1870. The smallest absolute Gasteiger partial charge is 0.328 e. The van der Waals surface area contributed by atoms with E-state index in [1.165, 1.54) is 0 Å². The molecule has 0 fully saturated rings. The maximum atomic E-state index is 13.4. The first-order valence-corrected chi connectivity index (χ1v) is 19.1. The van der Waals surface area contributed by atoms with Crippen molar-refractivity contribution >= 4 is 46.8 Å². The third-order valence-corrected chi connectivity index (χ3v) is 10.3. The van der Waals surface area contributed by atoms with E-state index < -0.39 is 12.0 Å². The van der Waals surface area contributed by atoms with Gasteiger partial charge in [-0.05, 0) is 69.0 Å². The zero-order chi connectivity index (χ0) is 37.3. The standard InChI is InChI=1S/C40H48ClN5O5S/c1-6-50-40(49)34(16-10-21-46(3,4)5)43-39(48)30-13-7-12-29(24-30)26-44-27-31(25-42-44)32-14-8-17-35-38(32)52-23-20-45(35)37(47)19-11-22-51-36-18-9-15-33(41)28(36)2/h7-9,12-15,17-18,24-25,27,34H,6,10-11,16,19-23,26H2,1-5H3/p+1/t34-/m0/s1.